The van der Waals surface area contributed by atoms with Crippen molar-refractivity contribution in [3.05, 3.63) is 70.8 Å². The van der Waals surface area contributed by atoms with Gasteiger partial charge in [0.05, 0.1) is 17.7 Å². The van der Waals surface area contributed by atoms with Crippen molar-refractivity contribution in [1.29, 1.82) is 0 Å². The number of nitrogens with one attached hydrogen (secondary N) is 1. The Morgan fingerprint density at radius 2 is 1.68 bits per heavy atom. The fourth-order valence-electron chi connectivity index (χ4n) is 2.74. The van der Waals surface area contributed by atoms with Crippen LogP contribution < -0.4 is 5.32 Å². The molecular weight excluding hydrogens is 316 g/mol. The van der Waals surface area contributed by atoms with Crippen molar-refractivity contribution in [3.63, 3.8) is 0 Å². The van der Waals surface area contributed by atoms with Crippen molar-refractivity contribution in [2.45, 2.75) is 20.4 Å². The molecule has 0 radical (unpaired) electrons. The highest BCUT2D eigenvalue weighted by atomic mass is 16.2. The lowest BCUT2D eigenvalue weighted by Crippen LogP contribution is -2.29. The minimum absolute atomic E-state index is 0.224. The van der Waals surface area contributed by atoms with E-state index < -0.39 is 0 Å². The fourth-order valence-corrected chi connectivity index (χ4v) is 2.74. The van der Waals surface area contributed by atoms with E-state index in [0.717, 1.165) is 5.56 Å². The topological polar surface area (TPSA) is 66.5 Å². The molecule has 0 atom stereocenters. The van der Waals surface area contributed by atoms with Crippen molar-refractivity contribution in [2.24, 2.45) is 5.92 Å². The van der Waals surface area contributed by atoms with Crippen LogP contribution in [-0.4, -0.2) is 29.2 Å². The van der Waals surface area contributed by atoms with Crippen LogP contribution in [0.15, 0.2) is 48.5 Å². The van der Waals surface area contributed by atoms with Crippen LogP contribution in [0.5, 0.6) is 0 Å². The zero-order chi connectivity index (χ0) is 18.0. The zero-order valence-electron chi connectivity index (χ0n) is 14.3. The molecule has 2 aromatic carbocycles. The van der Waals surface area contributed by atoms with Gasteiger partial charge < -0.3 is 5.32 Å². The van der Waals surface area contributed by atoms with Crippen molar-refractivity contribution in [3.8, 4) is 0 Å². The summed E-state index contributed by atoms with van der Waals surface area (Å²) in [5, 5.41) is 2.82. The Bertz CT molecular complexity index is 828. The first-order valence-corrected chi connectivity index (χ1v) is 8.29. The van der Waals surface area contributed by atoms with Gasteiger partial charge in [-0.1, -0.05) is 44.2 Å². The normalized spacial score (nSPS) is 13.3. The van der Waals surface area contributed by atoms with Crippen LogP contribution >= 0.6 is 0 Å². The van der Waals surface area contributed by atoms with Crippen LogP contribution in [0, 0.1) is 5.92 Å². The Labute approximate surface area is 146 Å². The molecule has 0 spiro atoms. The number of amides is 3. The molecule has 0 fully saturated rings. The minimum atomic E-state index is -0.359. The summed E-state index contributed by atoms with van der Waals surface area (Å²) in [6, 6.07) is 14.0. The molecule has 0 aromatic heterocycles. The monoisotopic (exact) mass is 336 g/mol. The Morgan fingerprint density at radius 1 is 1.00 bits per heavy atom. The Morgan fingerprint density at radius 3 is 2.36 bits per heavy atom. The van der Waals surface area contributed by atoms with Gasteiger partial charge >= 0.3 is 0 Å². The number of nitrogens with zero attached hydrogens (tertiary/aromatic N) is 1. The molecule has 0 aliphatic carbocycles. The van der Waals surface area contributed by atoms with E-state index in [1.807, 2.05) is 44.2 Å². The van der Waals surface area contributed by atoms with Gasteiger partial charge in [-0.05, 0) is 29.7 Å². The molecule has 25 heavy (non-hydrogen) atoms. The number of fused-ring (bicyclic) bond motifs is 1. The molecule has 1 N–H and O–H groups in total. The lowest BCUT2D eigenvalue weighted by molar-refractivity contribution is 0.0642. The number of benzene rings is 2. The van der Waals surface area contributed by atoms with Gasteiger partial charge in [0, 0.05) is 12.1 Å². The zero-order valence-corrected chi connectivity index (χ0v) is 14.3. The quantitative estimate of drug-likeness (QED) is 0.854. The van der Waals surface area contributed by atoms with E-state index in [2.05, 4.69) is 5.32 Å². The fraction of sp³-hybridized carbons (Fsp3) is 0.250. The van der Waals surface area contributed by atoms with Crippen molar-refractivity contribution in [1.82, 2.24) is 10.2 Å². The second-order valence-corrected chi connectivity index (χ2v) is 6.55. The Balaban J connectivity index is 1.82. The van der Waals surface area contributed by atoms with E-state index in [1.54, 1.807) is 12.1 Å². The Kier molecular flexibility index (Phi) is 4.65. The second kappa shape index (κ2) is 6.89. The minimum Gasteiger partial charge on any atom is -0.352 e. The standard InChI is InChI=1S/C20H20N2O3/c1-13(2)11-21-18(23)15-8-9-16-17(10-15)20(25)22(19(16)24)12-14-6-4-3-5-7-14/h3-10,13H,11-12H2,1-2H3,(H,21,23). The van der Waals surface area contributed by atoms with Crippen LogP contribution in [0.1, 0.15) is 50.5 Å². The SMILES string of the molecule is CC(C)CNC(=O)c1ccc2c(c1)C(=O)N(Cc1ccccc1)C2=O. The van der Waals surface area contributed by atoms with Crippen molar-refractivity contribution < 1.29 is 14.4 Å². The molecule has 2 aromatic rings. The Hall–Kier alpha value is -2.95. The molecule has 0 bridgehead atoms. The maximum Gasteiger partial charge on any atom is 0.261 e. The van der Waals surface area contributed by atoms with E-state index in [9.17, 15) is 14.4 Å². The number of hydrogen-bond donors (Lipinski definition) is 1. The third-order valence-corrected chi connectivity index (χ3v) is 4.09. The third-order valence-electron chi connectivity index (χ3n) is 4.09. The molecule has 3 rings (SSSR count). The van der Waals surface area contributed by atoms with E-state index >= 15 is 0 Å². The molecule has 1 heterocycles. The van der Waals surface area contributed by atoms with Crippen LogP contribution in [0.25, 0.3) is 0 Å². The molecule has 3 amide bonds. The summed E-state index contributed by atoms with van der Waals surface area (Å²) in [6.45, 7) is 4.80. The van der Waals surface area contributed by atoms with Crippen molar-refractivity contribution in [2.75, 3.05) is 6.54 Å². The summed E-state index contributed by atoms with van der Waals surface area (Å²) >= 11 is 0. The van der Waals surface area contributed by atoms with Crippen LogP contribution in [0.2, 0.25) is 0 Å². The molecule has 128 valence electrons. The highest BCUT2D eigenvalue weighted by Crippen LogP contribution is 2.25. The highest BCUT2D eigenvalue weighted by molar-refractivity contribution is 6.22. The molecular formula is C20H20N2O3. The largest absolute Gasteiger partial charge is 0.352 e. The van der Waals surface area contributed by atoms with Gasteiger partial charge in [0.15, 0.2) is 0 Å². The lowest BCUT2D eigenvalue weighted by Gasteiger charge is -2.13. The highest BCUT2D eigenvalue weighted by Gasteiger charge is 2.35. The number of rotatable bonds is 5. The molecule has 0 saturated heterocycles. The van der Waals surface area contributed by atoms with Gasteiger partial charge in [0.1, 0.15) is 0 Å². The summed E-state index contributed by atoms with van der Waals surface area (Å²) < 4.78 is 0. The lowest BCUT2D eigenvalue weighted by atomic mass is 10.1. The molecule has 1 aliphatic rings. The van der Waals surface area contributed by atoms with Gasteiger partial charge in [-0.3, -0.25) is 19.3 Å². The van der Waals surface area contributed by atoms with Gasteiger partial charge in [-0.15, -0.1) is 0 Å². The number of carbonyl (C=O) groups excluding carboxylic acids is 3. The summed E-state index contributed by atoms with van der Waals surface area (Å²) in [5.41, 5.74) is 1.91. The second-order valence-electron chi connectivity index (χ2n) is 6.55. The first kappa shape index (κ1) is 16.9. The average Bonchev–Trinajstić information content (AvgIpc) is 2.85. The first-order chi connectivity index (χ1) is 12.0. The van der Waals surface area contributed by atoms with Gasteiger partial charge in [-0.2, -0.15) is 0 Å². The van der Waals surface area contributed by atoms with Crippen molar-refractivity contribution >= 4 is 17.7 Å². The molecule has 5 nitrogen and oxygen atoms in total. The smallest absolute Gasteiger partial charge is 0.261 e. The van der Waals surface area contributed by atoms with E-state index in [-0.39, 0.29) is 29.8 Å². The predicted molar refractivity (Wildman–Crippen MR) is 94.3 cm³/mol. The van der Waals surface area contributed by atoms with Gasteiger partial charge in [0.25, 0.3) is 17.7 Å². The molecule has 0 saturated carbocycles. The third kappa shape index (κ3) is 3.45. The molecule has 0 unspecified atom stereocenters. The number of carbonyl (C=O) groups is 3. The van der Waals surface area contributed by atoms with Crippen LogP contribution in [0.3, 0.4) is 0 Å². The summed E-state index contributed by atoms with van der Waals surface area (Å²) in [5.74, 6) is -0.582. The van der Waals surface area contributed by atoms with Gasteiger partial charge in [-0.25, -0.2) is 0 Å². The molecule has 5 heteroatoms. The van der Waals surface area contributed by atoms with Crippen LogP contribution in [0.4, 0.5) is 0 Å². The van der Waals surface area contributed by atoms with E-state index in [4.69, 9.17) is 0 Å². The summed E-state index contributed by atoms with van der Waals surface area (Å²) in [7, 11) is 0. The average molecular weight is 336 g/mol. The first-order valence-electron chi connectivity index (χ1n) is 8.29. The maximum absolute atomic E-state index is 12.6. The van der Waals surface area contributed by atoms with Gasteiger partial charge in [0.2, 0.25) is 0 Å². The summed E-state index contributed by atoms with van der Waals surface area (Å²) in [6.07, 6.45) is 0. The predicted octanol–water partition coefficient (Wildman–Crippen LogP) is 2.87. The number of hydrogen-bond acceptors (Lipinski definition) is 3. The maximum atomic E-state index is 12.6. The van der Waals surface area contributed by atoms with E-state index in [1.165, 1.54) is 11.0 Å². The molecule has 1 aliphatic heterocycles. The summed E-state index contributed by atoms with van der Waals surface area (Å²) in [4.78, 5) is 38.5. The van der Waals surface area contributed by atoms with E-state index in [0.29, 0.717) is 23.6 Å². The number of imide groups is 1. The van der Waals surface area contributed by atoms with Crippen LogP contribution in [-0.2, 0) is 6.54 Å².